The highest BCUT2D eigenvalue weighted by Gasteiger charge is 2.01. The van der Waals surface area contributed by atoms with Crippen LogP contribution in [0.3, 0.4) is 0 Å². The molecule has 1 aromatic heterocycles. The second-order valence-electron chi connectivity index (χ2n) is 2.08. The van der Waals surface area contributed by atoms with Gasteiger partial charge in [0.15, 0.2) is 5.78 Å². The van der Waals surface area contributed by atoms with Crippen LogP contribution in [0.15, 0.2) is 0 Å². The van der Waals surface area contributed by atoms with Crippen LogP contribution in [0, 0.1) is 6.92 Å². The first-order chi connectivity index (χ1) is 5.18. The lowest BCUT2D eigenvalue weighted by atomic mass is 10.5. The molecule has 0 aliphatic carbocycles. The largest absolute Gasteiger partial charge is 0.461 e. The van der Waals surface area contributed by atoms with E-state index in [4.69, 9.17) is 4.74 Å². The van der Waals surface area contributed by atoms with Crippen molar-refractivity contribution < 1.29 is 9.53 Å². The van der Waals surface area contributed by atoms with Gasteiger partial charge in [0, 0.05) is 0 Å². The molecule has 0 aliphatic rings. The van der Waals surface area contributed by atoms with Crippen molar-refractivity contribution in [3.63, 3.8) is 0 Å². The molecule has 0 amide bonds. The summed E-state index contributed by atoms with van der Waals surface area (Å²) in [6, 6.07) is 0. The maximum Gasteiger partial charge on any atom is 0.294 e. The summed E-state index contributed by atoms with van der Waals surface area (Å²) in [6.45, 7) is 3.38. The Morgan fingerprint density at radius 1 is 1.64 bits per heavy atom. The molecule has 11 heavy (non-hydrogen) atoms. The molecule has 0 bridgehead atoms. The molecule has 60 valence electrons. The molecule has 0 spiro atoms. The number of hydrogen-bond donors (Lipinski definition) is 0. The van der Waals surface area contributed by atoms with Crippen molar-refractivity contribution in [3.05, 3.63) is 5.01 Å². The normalized spacial score (nSPS) is 9.64. The van der Waals surface area contributed by atoms with E-state index in [1.165, 1.54) is 18.3 Å². The summed E-state index contributed by atoms with van der Waals surface area (Å²) >= 11 is 1.33. The number of ether oxygens (including phenoxy) is 1. The molecular weight excluding hydrogens is 164 g/mol. The van der Waals surface area contributed by atoms with E-state index in [9.17, 15) is 4.79 Å². The third kappa shape index (κ3) is 2.63. The third-order valence-corrected chi connectivity index (χ3v) is 1.66. The molecule has 0 unspecified atom stereocenters. The zero-order valence-electron chi connectivity index (χ0n) is 6.33. The quantitative estimate of drug-likeness (QED) is 0.677. The van der Waals surface area contributed by atoms with Crippen LogP contribution in [0.5, 0.6) is 5.19 Å². The highest BCUT2D eigenvalue weighted by molar-refractivity contribution is 7.12. The second kappa shape index (κ2) is 3.43. The first kappa shape index (κ1) is 8.13. The minimum absolute atomic E-state index is 0.0159. The Hall–Kier alpha value is -0.970. The van der Waals surface area contributed by atoms with Crippen LogP contribution in [0.4, 0.5) is 0 Å². The molecule has 0 fully saturated rings. The van der Waals surface area contributed by atoms with Gasteiger partial charge in [0.05, 0.1) is 0 Å². The van der Waals surface area contributed by atoms with E-state index in [0.717, 1.165) is 5.01 Å². The maximum atomic E-state index is 10.5. The van der Waals surface area contributed by atoms with Crippen LogP contribution in [-0.2, 0) is 4.79 Å². The summed E-state index contributed by atoms with van der Waals surface area (Å²) in [6.07, 6.45) is 0. The van der Waals surface area contributed by atoms with Crippen molar-refractivity contribution in [2.75, 3.05) is 6.61 Å². The monoisotopic (exact) mass is 172 g/mol. The number of aryl methyl sites for hydroxylation is 1. The van der Waals surface area contributed by atoms with Crippen molar-refractivity contribution >= 4 is 17.1 Å². The molecule has 1 heterocycles. The predicted octanol–water partition coefficient (Wildman–Crippen LogP) is 0.814. The van der Waals surface area contributed by atoms with Crippen LogP contribution in [0.1, 0.15) is 11.9 Å². The number of rotatable bonds is 3. The topological polar surface area (TPSA) is 52.1 Å². The fraction of sp³-hybridized carbons (Fsp3) is 0.500. The van der Waals surface area contributed by atoms with Gasteiger partial charge in [0.1, 0.15) is 11.6 Å². The van der Waals surface area contributed by atoms with Gasteiger partial charge in [0.25, 0.3) is 5.19 Å². The fourth-order valence-corrected chi connectivity index (χ4v) is 1.03. The van der Waals surface area contributed by atoms with Gasteiger partial charge in [-0.25, -0.2) is 0 Å². The van der Waals surface area contributed by atoms with Crippen LogP contribution in [0.25, 0.3) is 0 Å². The number of nitrogens with zero attached hydrogens (tertiary/aromatic N) is 2. The van der Waals surface area contributed by atoms with E-state index in [0.29, 0.717) is 5.19 Å². The van der Waals surface area contributed by atoms with Gasteiger partial charge in [0.2, 0.25) is 0 Å². The molecular formula is C6H8N2O2S. The Morgan fingerprint density at radius 2 is 2.36 bits per heavy atom. The zero-order valence-corrected chi connectivity index (χ0v) is 7.14. The summed E-state index contributed by atoms with van der Waals surface area (Å²) in [5, 5.41) is 8.70. The minimum atomic E-state index is -0.0159. The Balaban J connectivity index is 2.45. The Kier molecular flexibility index (Phi) is 2.53. The maximum absolute atomic E-state index is 10.5. The van der Waals surface area contributed by atoms with Crippen molar-refractivity contribution in [3.8, 4) is 5.19 Å². The van der Waals surface area contributed by atoms with E-state index in [-0.39, 0.29) is 12.4 Å². The molecule has 0 radical (unpaired) electrons. The average Bonchev–Trinajstić information content (AvgIpc) is 2.31. The van der Waals surface area contributed by atoms with Gasteiger partial charge in [-0.15, -0.1) is 10.2 Å². The summed E-state index contributed by atoms with van der Waals surface area (Å²) in [7, 11) is 0. The first-order valence-electron chi connectivity index (χ1n) is 3.11. The molecule has 1 rings (SSSR count). The van der Waals surface area contributed by atoms with Crippen molar-refractivity contribution in [1.29, 1.82) is 0 Å². The van der Waals surface area contributed by atoms with Gasteiger partial charge in [-0.1, -0.05) is 11.3 Å². The smallest absolute Gasteiger partial charge is 0.294 e. The van der Waals surface area contributed by atoms with Gasteiger partial charge in [-0.3, -0.25) is 4.79 Å². The summed E-state index contributed by atoms with van der Waals surface area (Å²) < 4.78 is 4.98. The van der Waals surface area contributed by atoms with Crippen molar-refractivity contribution in [2.45, 2.75) is 13.8 Å². The standard InChI is InChI=1S/C6H8N2O2S/c1-4(9)3-10-6-8-7-5(2)11-6/h3H2,1-2H3. The number of hydrogen-bond acceptors (Lipinski definition) is 5. The lowest BCUT2D eigenvalue weighted by molar-refractivity contribution is -0.118. The van der Waals surface area contributed by atoms with E-state index >= 15 is 0 Å². The highest BCUT2D eigenvalue weighted by Crippen LogP contribution is 2.15. The molecule has 5 heteroatoms. The average molecular weight is 172 g/mol. The van der Waals surface area contributed by atoms with Gasteiger partial charge in [-0.2, -0.15) is 0 Å². The van der Waals surface area contributed by atoms with Crippen LogP contribution < -0.4 is 4.74 Å². The number of Topliss-reactive ketones (excluding diaryl/α,β-unsaturated/α-hetero) is 1. The molecule has 0 aliphatic heterocycles. The Bertz CT molecular complexity index is 259. The van der Waals surface area contributed by atoms with Crippen LogP contribution >= 0.6 is 11.3 Å². The van der Waals surface area contributed by atoms with E-state index in [2.05, 4.69) is 10.2 Å². The molecule has 4 nitrogen and oxygen atoms in total. The SMILES string of the molecule is CC(=O)COc1nnc(C)s1. The fourth-order valence-electron chi connectivity index (χ4n) is 0.500. The number of carbonyl (C=O) groups is 1. The number of ketones is 1. The van der Waals surface area contributed by atoms with Gasteiger partial charge < -0.3 is 4.74 Å². The minimum Gasteiger partial charge on any atom is -0.461 e. The van der Waals surface area contributed by atoms with Crippen molar-refractivity contribution in [2.24, 2.45) is 0 Å². The van der Waals surface area contributed by atoms with Gasteiger partial charge >= 0.3 is 0 Å². The zero-order chi connectivity index (χ0) is 8.27. The van der Waals surface area contributed by atoms with Gasteiger partial charge in [-0.05, 0) is 13.8 Å². The van der Waals surface area contributed by atoms with Crippen molar-refractivity contribution in [1.82, 2.24) is 10.2 Å². The molecule has 0 saturated heterocycles. The highest BCUT2D eigenvalue weighted by atomic mass is 32.1. The number of carbonyl (C=O) groups excluding carboxylic acids is 1. The number of aromatic nitrogens is 2. The molecule has 0 aromatic carbocycles. The van der Waals surface area contributed by atoms with E-state index in [1.54, 1.807) is 0 Å². The lowest BCUT2D eigenvalue weighted by Gasteiger charge is -1.94. The summed E-state index contributed by atoms with van der Waals surface area (Å²) in [4.78, 5) is 10.5. The summed E-state index contributed by atoms with van der Waals surface area (Å²) in [5.41, 5.74) is 0. The van der Waals surface area contributed by atoms with E-state index < -0.39 is 0 Å². The Labute approximate surface area is 68.2 Å². The van der Waals surface area contributed by atoms with Crippen LogP contribution in [-0.4, -0.2) is 22.6 Å². The lowest BCUT2D eigenvalue weighted by Crippen LogP contribution is -2.06. The van der Waals surface area contributed by atoms with Crippen LogP contribution in [0.2, 0.25) is 0 Å². The molecule has 1 aromatic rings. The van der Waals surface area contributed by atoms with E-state index in [1.807, 2.05) is 6.92 Å². The summed E-state index contributed by atoms with van der Waals surface area (Å²) in [5.74, 6) is -0.0159. The predicted molar refractivity (Wildman–Crippen MR) is 40.8 cm³/mol. The first-order valence-corrected chi connectivity index (χ1v) is 3.92. The molecule has 0 saturated carbocycles. The molecule has 0 N–H and O–H groups in total. The molecule has 0 atom stereocenters. The third-order valence-electron chi connectivity index (χ3n) is 0.906. The Morgan fingerprint density at radius 3 is 2.82 bits per heavy atom. The second-order valence-corrected chi connectivity index (χ2v) is 3.22.